The van der Waals surface area contributed by atoms with Gasteiger partial charge in [-0.1, -0.05) is 6.92 Å². The molecule has 1 saturated heterocycles. The average Bonchev–Trinajstić information content (AvgIpc) is 2.78. The number of piperazine rings is 1. The molecule has 178 valence electrons. The Morgan fingerprint density at radius 2 is 1.97 bits per heavy atom. The van der Waals surface area contributed by atoms with Gasteiger partial charge < -0.3 is 19.3 Å². The smallest absolute Gasteiger partial charge is 0.306 e. The van der Waals surface area contributed by atoms with Crippen LogP contribution in [0.3, 0.4) is 0 Å². The van der Waals surface area contributed by atoms with Crippen LogP contribution in [0.25, 0.3) is 0 Å². The fourth-order valence-electron chi connectivity index (χ4n) is 3.79. The molecule has 3 heterocycles. The van der Waals surface area contributed by atoms with Gasteiger partial charge in [-0.15, -0.1) is 0 Å². The molecule has 2 aromatic heterocycles. The SMILES string of the molecule is CCCC(=O)OC(C)c1nccc(N2CCN(C(=O)COc3ccc(C)nc3)CC2(C)C)n1. The number of nitrogens with zero attached hydrogens (tertiary/aromatic N) is 5. The molecular weight excluding hydrogens is 422 g/mol. The molecule has 0 radical (unpaired) electrons. The first-order chi connectivity index (χ1) is 15.7. The number of anilines is 1. The number of aryl methyl sites for hydroxylation is 1. The van der Waals surface area contributed by atoms with E-state index in [1.807, 2.05) is 36.9 Å². The average molecular weight is 456 g/mol. The van der Waals surface area contributed by atoms with Crippen molar-refractivity contribution < 1.29 is 19.1 Å². The summed E-state index contributed by atoms with van der Waals surface area (Å²) in [5.41, 5.74) is 0.542. The monoisotopic (exact) mass is 455 g/mol. The maximum atomic E-state index is 12.8. The molecule has 1 aliphatic heterocycles. The first-order valence-corrected chi connectivity index (χ1v) is 11.3. The second-order valence-electron chi connectivity index (χ2n) is 8.86. The van der Waals surface area contributed by atoms with Crippen molar-refractivity contribution in [2.45, 2.75) is 59.1 Å². The maximum absolute atomic E-state index is 12.8. The molecule has 0 bridgehead atoms. The molecular formula is C24H33N5O4. The van der Waals surface area contributed by atoms with Gasteiger partial charge in [-0.05, 0) is 52.3 Å². The minimum Gasteiger partial charge on any atom is -0.482 e. The highest BCUT2D eigenvalue weighted by Gasteiger charge is 2.36. The molecule has 0 saturated carbocycles. The van der Waals surface area contributed by atoms with Gasteiger partial charge in [-0.25, -0.2) is 9.97 Å². The third-order valence-corrected chi connectivity index (χ3v) is 5.56. The molecule has 33 heavy (non-hydrogen) atoms. The Kier molecular flexibility index (Phi) is 7.84. The van der Waals surface area contributed by atoms with Crippen LogP contribution < -0.4 is 9.64 Å². The molecule has 1 aliphatic rings. The van der Waals surface area contributed by atoms with Crippen molar-refractivity contribution in [2.24, 2.45) is 0 Å². The first-order valence-electron chi connectivity index (χ1n) is 11.3. The Labute approximate surface area is 195 Å². The lowest BCUT2D eigenvalue weighted by molar-refractivity contribution is -0.149. The topological polar surface area (TPSA) is 97.8 Å². The number of hydrogen-bond donors (Lipinski definition) is 0. The lowest BCUT2D eigenvalue weighted by atomic mass is 9.98. The summed E-state index contributed by atoms with van der Waals surface area (Å²) in [4.78, 5) is 41.7. The standard InChI is InChI=1S/C24H33N5O4/c1-6-7-22(31)33-18(3)23-25-11-10-20(27-23)29-13-12-28(16-24(29,4)5)21(30)15-32-19-9-8-17(2)26-14-19/h8-11,14,18H,6-7,12-13,15-16H2,1-5H3. The van der Waals surface area contributed by atoms with E-state index in [-0.39, 0.29) is 24.0 Å². The first kappa shape index (κ1) is 24.4. The molecule has 9 heteroatoms. The van der Waals surface area contributed by atoms with Crippen molar-refractivity contribution >= 4 is 17.7 Å². The summed E-state index contributed by atoms with van der Waals surface area (Å²) in [5.74, 6) is 1.47. The van der Waals surface area contributed by atoms with E-state index in [9.17, 15) is 9.59 Å². The fraction of sp³-hybridized carbons (Fsp3) is 0.542. The normalized spacial score (nSPS) is 16.3. The Morgan fingerprint density at radius 3 is 2.64 bits per heavy atom. The van der Waals surface area contributed by atoms with E-state index in [2.05, 4.69) is 33.7 Å². The lowest BCUT2D eigenvalue weighted by Crippen LogP contribution is -2.61. The van der Waals surface area contributed by atoms with Crippen LogP contribution in [0.15, 0.2) is 30.6 Å². The van der Waals surface area contributed by atoms with Gasteiger partial charge in [0.1, 0.15) is 11.6 Å². The Morgan fingerprint density at radius 1 is 1.18 bits per heavy atom. The highest BCUT2D eigenvalue weighted by molar-refractivity contribution is 5.78. The lowest BCUT2D eigenvalue weighted by Gasteiger charge is -2.47. The predicted molar refractivity (Wildman–Crippen MR) is 124 cm³/mol. The Balaban J connectivity index is 1.62. The van der Waals surface area contributed by atoms with Crippen LogP contribution in [0.4, 0.5) is 5.82 Å². The van der Waals surface area contributed by atoms with Crippen molar-refractivity contribution in [3.05, 3.63) is 42.1 Å². The van der Waals surface area contributed by atoms with Gasteiger partial charge in [0.2, 0.25) is 0 Å². The summed E-state index contributed by atoms with van der Waals surface area (Å²) in [6.45, 7) is 11.4. The summed E-state index contributed by atoms with van der Waals surface area (Å²) in [6.07, 6.45) is 3.88. The zero-order chi connectivity index (χ0) is 24.0. The van der Waals surface area contributed by atoms with E-state index in [0.29, 0.717) is 37.6 Å². The van der Waals surface area contributed by atoms with Gasteiger partial charge in [-0.2, -0.15) is 0 Å². The van der Waals surface area contributed by atoms with Crippen LogP contribution >= 0.6 is 0 Å². The van der Waals surface area contributed by atoms with Crippen molar-refractivity contribution in [3.8, 4) is 5.75 Å². The van der Waals surface area contributed by atoms with Gasteiger partial charge in [-0.3, -0.25) is 14.6 Å². The van der Waals surface area contributed by atoms with Gasteiger partial charge in [0.15, 0.2) is 18.5 Å². The molecule has 1 fully saturated rings. The maximum Gasteiger partial charge on any atom is 0.306 e. The third-order valence-electron chi connectivity index (χ3n) is 5.56. The second-order valence-corrected chi connectivity index (χ2v) is 8.86. The van der Waals surface area contributed by atoms with Gasteiger partial charge in [0, 0.05) is 37.9 Å². The number of hydrogen-bond acceptors (Lipinski definition) is 8. The number of ether oxygens (including phenoxy) is 2. The molecule has 1 amide bonds. The van der Waals surface area contributed by atoms with Crippen molar-refractivity contribution in [1.82, 2.24) is 19.9 Å². The predicted octanol–water partition coefficient (Wildman–Crippen LogP) is 3.09. The summed E-state index contributed by atoms with van der Waals surface area (Å²) >= 11 is 0. The van der Waals surface area contributed by atoms with Gasteiger partial charge >= 0.3 is 5.97 Å². The van der Waals surface area contributed by atoms with Crippen LogP contribution in [0.1, 0.15) is 58.2 Å². The third kappa shape index (κ3) is 6.40. The molecule has 9 nitrogen and oxygen atoms in total. The quantitative estimate of drug-likeness (QED) is 0.560. The number of esters is 1. The molecule has 0 spiro atoms. The summed E-state index contributed by atoms with van der Waals surface area (Å²) in [7, 11) is 0. The molecule has 1 atom stereocenters. The van der Waals surface area contributed by atoms with Crippen molar-refractivity contribution in [3.63, 3.8) is 0 Å². The summed E-state index contributed by atoms with van der Waals surface area (Å²) in [6, 6.07) is 5.50. The van der Waals surface area contributed by atoms with Crippen LogP contribution in [0.5, 0.6) is 5.75 Å². The number of carbonyl (C=O) groups is 2. The van der Waals surface area contributed by atoms with E-state index in [1.54, 1.807) is 19.3 Å². The van der Waals surface area contributed by atoms with E-state index in [1.165, 1.54) is 0 Å². The van der Waals surface area contributed by atoms with Gasteiger partial charge in [0.25, 0.3) is 5.91 Å². The highest BCUT2D eigenvalue weighted by Crippen LogP contribution is 2.27. The minimum atomic E-state index is -0.525. The van der Waals surface area contributed by atoms with Crippen molar-refractivity contribution in [1.29, 1.82) is 0 Å². The minimum absolute atomic E-state index is 0.0287. The van der Waals surface area contributed by atoms with Crippen LogP contribution in [-0.4, -0.2) is 63.5 Å². The van der Waals surface area contributed by atoms with E-state index >= 15 is 0 Å². The summed E-state index contributed by atoms with van der Waals surface area (Å²) in [5, 5.41) is 0. The fourth-order valence-corrected chi connectivity index (χ4v) is 3.79. The number of amides is 1. The van der Waals surface area contributed by atoms with E-state index in [0.717, 1.165) is 17.9 Å². The number of rotatable bonds is 8. The van der Waals surface area contributed by atoms with Gasteiger partial charge in [0.05, 0.1) is 11.7 Å². The number of pyridine rings is 1. The van der Waals surface area contributed by atoms with Crippen LogP contribution in [0, 0.1) is 6.92 Å². The van der Waals surface area contributed by atoms with E-state index in [4.69, 9.17) is 9.47 Å². The number of carbonyl (C=O) groups excluding carboxylic acids is 2. The summed E-state index contributed by atoms with van der Waals surface area (Å²) < 4.78 is 11.1. The molecule has 0 N–H and O–H groups in total. The Bertz CT molecular complexity index is 964. The molecule has 2 aromatic rings. The zero-order valence-corrected chi connectivity index (χ0v) is 20.1. The molecule has 0 aromatic carbocycles. The van der Waals surface area contributed by atoms with Crippen LogP contribution in [-0.2, 0) is 14.3 Å². The molecule has 0 aliphatic carbocycles. The molecule has 3 rings (SSSR count). The number of aromatic nitrogens is 3. The van der Waals surface area contributed by atoms with Crippen molar-refractivity contribution in [2.75, 3.05) is 31.1 Å². The second kappa shape index (κ2) is 10.6. The van der Waals surface area contributed by atoms with E-state index < -0.39 is 6.10 Å². The highest BCUT2D eigenvalue weighted by atomic mass is 16.5. The Hall–Kier alpha value is -3.23. The molecule has 1 unspecified atom stereocenters. The largest absolute Gasteiger partial charge is 0.482 e. The zero-order valence-electron chi connectivity index (χ0n) is 20.1. The van der Waals surface area contributed by atoms with Crippen LogP contribution in [0.2, 0.25) is 0 Å².